The van der Waals surface area contributed by atoms with Crippen molar-refractivity contribution in [1.29, 1.82) is 0 Å². The molecule has 2 N–H and O–H groups in total. The zero-order valence-corrected chi connectivity index (χ0v) is 15.4. The average molecular weight is 374 g/mol. The third-order valence-corrected chi connectivity index (χ3v) is 5.46. The van der Waals surface area contributed by atoms with Crippen molar-refractivity contribution < 1.29 is 17.9 Å². The molecule has 0 aromatic heterocycles. The van der Waals surface area contributed by atoms with Gasteiger partial charge in [0.25, 0.3) is 5.91 Å². The molecule has 2 aromatic rings. The summed E-state index contributed by atoms with van der Waals surface area (Å²) in [5, 5.41) is 5.32. The fourth-order valence-electron chi connectivity index (χ4n) is 3.11. The average Bonchev–Trinajstić information content (AvgIpc) is 2.67. The second-order valence-electron chi connectivity index (χ2n) is 6.27. The number of primary sulfonamides is 1. The molecule has 0 spiro atoms. The first kappa shape index (κ1) is 18.6. The van der Waals surface area contributed by atoms with Gasteiger partial charge < -0.3 is 9.64 Å². The van der Waals surface area contributed by atoms with E-state index in [1.165, 1.54) is 6.07 Å². The van der Waals surface area contributed by atoms with Crippen molar-refractivity contribution in [2.24, 2.45) is 5.14 Å². The number of hydrogen-bond donors (Lipinski definition) is 1. The minimum atomic E-state index is -3.86. The molecular formula is C19H22N2O4S. The molecule has 1 heterocycles. The van der Waals surface area contributed by atoms with Crippen LogP contribution in [0, 0.1) is 0 Å². The van der Waals surface area contributed by atoms with E-state index in [4.69, 9.17) is 9.88 Å². The summed E-state index contributed by atoms with van der Waals surface area (Å²) in [7, 11) is -3.86. The summed E-state index contributed by atoms with van der Waals surface area (Å²) in [5.74, 6) is -0.0818. The lowest BCUT2D eigenvalue weighted by Gasteiger charge is -2.32. The Morgan fingerprint density at radius 2 is 2.00 bits per heavy atom. The van der Waals surface area contributed by atoms with Crippen LogP contribution in [0.3, 0.4) is 0 Å². The first-order valence-corrected chi connectivity index (χ1v) is 10.1. The van der Waals surface area contributed by atoms with Gasteiger partial charge in [0.05, 0.1) is 17.6 Å². The fourth-order valence-corrected chi connectivity index (χ4v) is 3.87. The standard InChI is InChI=1S/C19H22N2O4S/c1-2-16-13-21(10-11-25-16)19(22)15-7-5-6-14(12-15)17-8-3-4-9-18(17)26(20,23)24/h3-9,12,16H,2,10-11,13H2,1H3,(H2,20,23,24). The van der Waals surface area contributed by atoms with Crippen LogP contribution in [0.15, 0.2) is 53.4 Å². The van der Waals surface area contributed by atoms with E-state index >= 15 is 0 Å². The summed E-state index contributed by atoms with van der Waals surface area (Å²) < 4.78 is 29.3. The van der Waals surface area contributed by atoms with Crippen LogP contribution in [0.5, 0.6) is 0 Å². The van der Waals surface area contributed by atoms with E-state index in [2.05, 4.69) is 0 Å². The number of morpholine rings is 1. The third kappa shape index (κ3) is 3.95. The molecule has 0 radical (unpaired) electrons. The summed E-state index contributed by atoms with van der Waals surface area (Å²) in [5.41, 5.74) is 1.64. The van der Waals surface area contributed by atoms with Crippen LogP contribution in [-0.4, -0.2) is 45.0 Å². The second-order valence-corrected chi connectivity index (χ2v) is 7.80. The van der Waals surface area contributed by atoms with E-state index in [0.717, 1.165) is 6.42 Å². The lowest BCUT2D eigenvalue weighted by atomic mass is 10.0. The first-order chi connectivity index (χ1) is 12.4. The molecule has 1 unspecified atom stereocenters. The van der Waals surface area contributed by atoms with Crippen LogP contribution < -0.4 is 5.14 Å². The highest BCUT2D eigenvalue weighted by atomic mass is 32.2. The number of ether oxygens (including phenoxy) is 1. The first-order valence-electron chi connectivity index (χ1n) is 8.53. The lowest BCUT2D eigenvalue weighted by molar-refractivity contribution is -0.0226. The number of hydrogen-bond acceptors (Lipinski definition) is 4. The van der Waals surface area contributed by atoms with E-state index in [-0.39, 0.29) is 16.9 Å². The van der Waals surface area contributed by atoms with Gasteiger partial charge in [0.2, 0.25) is 10.0 Å². The highest BCUT2D eigenvalue weighted by Crippen LogP contribution is 2.27. The number of nitrogens with zero attached hydrogens (tertiary/aromatic N) is 1. The van der Waals surface area contributed by atoms with Gasteiger partial charge in [-0.3, -0.25) is 4.79 Å². The Kier molecular flexibility index (Phi) is 5.41. The molecule has 6 nitrogen and oxygen atoms in total. The SMILES string of the molecule is CCC1CN(C(=O)c2cccc(-c3ccccc3S(N)(=O)=O)c2)CCO1. The van der Waals surface area contributed by atoms with E-state index in [0.29, 0.717) is 36.4 Å². The number of carbonyl (C=O) groups is 1. The van der Waals surface area contributed by atoms with Crippen LogP contribution in [0.2, 0.25) is 0 Å². The van der Waals surface area contributed by atoms with E-state index < -0.39 is 10.0 Å². The Balaban J connectivity index is 1.94. The van der Waals surface area contributed by atoms with Gasteiger partial charge >= 0.3 is 0 Å². The predicted molar refractivity (Wildman–Crippen MR) is 99.2 cm³/mol. The monoisotopic (exact) mass is 374 g/mol. The molecule has 2 aromatic carbocycles. The largest absolute Gasteiger partial charge is 0.375 e. The molecule has 1 atom stereocenters. The van der Waals surface area contributed by atoms with Crippen molar-refractivity contribution in [2.45, 2.75) is 24.3 Å². The van der Waals surface area contributed by atoms with Gasteiger partial charge in [-0.25, -0.2) is 13.6 Å². The van der Waals surface area contributed by atoms with Crippen molar-refractivity contribution in [3.63, 3.8) is 0 Å². The van der Waals surface area contributed by atoms with Gasteiger partial charge in [-0.15, -0.1) is 0 Å². The Bertz CT molecular complexity index is 911. The van der Waals surface area contributed by atoms with E-state index in [1.54, 1.807) is 47.4 Å². The van der Waals surface area contributed by atoms with Gasteiger partial charge in [-0.05, 0) is 30.2 Å². The molecule has 1 fully saturated rings. The van der Waals surface area contributed by atoms with Crippen molar-refractivity contribution in [3.8, 4) is 11.1 Å². The summed E-state index contributed by atoms with van der Waals surface area (Å²) in [6.07, 6.45) is 0.907. The predicted octanol–water partition coefficient (Wildman–Crippen LogP) is 2.25. The van der Waals surface area contributed by atoms with E-state index in [1.807, 2.05) is 6.92 Å². The normalized spacial score (nSPS) is 17.9. The molecule has 1 aliphatic rings. The number of rotatable bonds is 4. The fraction of sp³-hybridized carbons (Fsp3) is 0.316. The number of carbonyl (C=O) groups excluding carboxylic acids is 1. The van der Waals surface area contributed by atoms with Gasteiger partial charge in [0.1, 0.15) is 0 Å². The summed E-state index contributed by atoms with van der Waals surface area (Å²) in [6, 6.07) is 13.5. The molecule has 138 valence electrons. The zero-order chi connectivity index (χ0) is 18.7. The Morgan fingerprint density at radius 3 is 2.73 bits per heavy atom. The highest BCUT2D eigenvalue weighted by molar-refractivity contribution is 7.89. The number of nitrogens with two attached hydrogens (primary N) is 1. The molecule has 1 amide bonds. The molecule has 1 aliphatic heterocycles. The molecule has 26 heavy (non-hydrogen) atoms. The molecule has 3 rings (SSSR count). The molecular weight excluding hydrogens is 352 g/mol. The van der Waals surface area contributed by atoms with Crippen molar-refractivity contribution >= 4 is 15.9 Å². The number of benzene rings is 2. The van der Waals surface area contributed by atoms with Crippen LogP contribution in [0.4, 0.5) is 0 Å². The van der Waals surface area contributed by atoms with Gasteiger partial charge in [0.15, 0.2) is 0 Å². The van der Waals surface area contributed by atoms with Gasteiger partial charge in [-0.2, -0.15) is 0 Å². The van der Waals surface area contributed by atoms with Crippen LogP contribution >= 0.6 is 0 Å². The van der Waals surface area contributed by atoms with Crippen LogP contribution in [0.25, 0.3) is 11.1 Å². The highest BCUT2D eigenvalue weighted by Gasteiger charge is 2.24. The van der Waals surface area contributed by atoms with Crippen molar-refractivity contribution in [3.05, 3.63) is 54.1 Å². The molecule has 0 saturated carbocycles. The minimum absolute atomic E-state index is 0.0435. The van der Waals surface area contributed by atoms with Gasteiger partial charge in [-0.1, -0.05) is 37.3 Å². The summed E-state index contributed by atoms with van der Waals surface area (Å²) >= 11 is 0. The van der Waals surface area contributed by atoms with Crippen LogP contribution in [-0.2, 0) is 14.8 Å². The lowest BCUT2D eigenvalue weighted by Crippen LogP contribution is -2.45. The van der Waals surface area contributed by atoms with Crippen LogP contribution in [0.1, 0.15) is 23.7 Å². The number of amides is 1. The Hall–Kier alpha value is -2.22. The minimum Gasteiger partial charge on any atom is -0.375 e. The molecule has 7 heteroatoms. The van der Waals surface area contributed by atoms with Crippen molar-refractivity contribution in [2.75, 3.05) is 19.7 Å². The summed E-state index contributed by atoms with van der Waals surface area (Å²) in [6.45, 7) is 3.67. The van der Waals surface area contributed by atoms with E-state index in [9.17, 15) is 13.2 Å². The zero-order valence-electron chi connectivity index (χ0n) is 14.6. The number of sulfonamides is 1. The molecule has 1 saturated heterocycles. The Morgan fingerprint density at radius 1 is 1.23 bits per heavy atom. The maximum atomic E-state index is 12.9. The smallest absolute Gasteiger partial charge is 0.254 e. The van der Waals surface area contributed by atoms with Crippen molar-refractivity contribution in [1.82, 2.24) is 4.90 Å². The molecule has 0 bridgehead atoms. The maximum Gasteiger partial charge on any atom is 0.254 e. The Labute approximate surface area is 153 Å². The second kappa shape index (κ2) is 7.57. The quantitative estimate of drug-likeness (QED) is 0.889. The third-order valence-electron chi connectivity index (χ3n) is 4.50. The topological polar surface area (TPSA) is 89.7 Å². The molecule has 0 aliphatic carbocycles. The van der Waals surface area contributed by atoms with Gasteiger partial charge in [0, 0.05) is 24.2 Å². The maximum absolute atomic E-state index is 12.9. The summed E-state index contributed by atoms with van der Waals surface area (Å²) in [4.78, 5) is 14.7.